The van der Waals surface area contributed by atoms with Crippen molar-refractivity contribution >= 4 is 11.8 Å². The Morgan fingerprint density at radius 1 is 1.29 bits per heavy atom. The summed E-state index contributed by atoms with van der Waals surface area (Å²) in [5, 5.41) is 3.54. The number of nitrogens with one attached hydrogen (secondary N) is 1. The van der Waals surface area contributed by atoms with Crippen LogP contribution in [0.5, 0.6) is 5.75 Å². The lowest BCUT2D eigenvalue weighted by Crippen LogP contribution is -2.33. The fourth-order valence-electron chi connectivity index (χ4n) is 1.88. The SMILES string of the molecule is CCNC(CSCC)Cc1ccccc1OC. The summed E-state index contributed by atoms with van der Waals surface area (Å²) >= 11 is 1.99. The quantitative estimate of drug-likeness (QED) is 0.769. The van der Waals surface area contributed by atoms with E-state index in [4.69, 9.17) is 4.74 Å². The van der Waals surface area contributed by atoms with Gasteiger partial charge in [-0.05, 0) is 30.3 Å². The zero-order chi connectivity index (χ0) is 12.5. The van der Waals surface area contributed by atoms with Crippen molar-refractivity contribution in [2.24, 2.45) is 0 Å². The van der Waals surface area contributed by atoms with Gasteiger partial charge in [-0.3, -0.25) is 0 Å². The van der Waals surface area contributed by atoms with E-state index in [1.165, 1.54) is 11.3 Å². The molecule has 0 heterocycles. The molecule has 1 N–H and O–H groups in total. The zero-order valence-electron chi connectivity index (χ0n) is 11.0. The number of hydrogen-bond donors (Lipinski definition) is 1. The van der Waals surface area contributed by atoms with Crippen LogP contribution >= 0.6 is 11.8 Å². The van der Waals surface area contributed by atoms with Crippen LogP contribution in [-0.4, -0.2) is 31.2 Å². The molecule has 0 aliphatic heterocycles. The Labute approximate surface area is 109 Å². The minimum Gasteiger partial charge on any atom is -0.496 e. The van der Waals surface area contributed by atoms with Crippen molar-refractivity contribution in [1.82, 2.24) is 5.32 Å². The van der Waals surface area contributed by atoms with Crippen LogP contribution < -0.4 is 10.1 Å². The molecule has 96 valence electrons. The Morgan fingerprint density at radius 2 is 2.06 bits per heavy atom. The molecule has 0 aliphatic carbocycles. The van der Waals surface area contributed by atoms with E-state index in [1.807, 2.05) is 23.9 Å². The zero-order valence-corrected chi connectivity index (χ0v) is 11.8. The van der Waals surface area contributed by atoms with Crippen LogP contribution in [0, 0.1) is 0 Å². The Bertz CT molecular complexity index is 317. The fourth-order valence-corrected chi connectivity index (χ4v) is 2.63. The summed E-state index contributed by atoms with van der Waals surface area (Å²) in [5.41, 5.74) is 1.29. The molecule has 3 heteroatoms. The van der Waals surface area contributed by atoms with Gasteiger partial charge in [0.05, 0.1) is 7.11 Å². The number of ether oxygens (including phenoxy) is 1. The van der Waals surface area contributed by atoms with Crippen molar-refractivity contribution in [3.05, 3.63) is 29.8 Å². The molecule has 1 aromatic rings. The monoisotopic (exact) mass is 253 g/mol. The van der Waals surface area contributed by atoms with E-state index in [-0.39, 0.29) is 0 Å². The molecule has 1 aromatic carbocycles. The van der Waals surface area contributed by atoms with Gasteiger partial charge < -0.3 is 10.1 Å². The lowest BCUT2D eigenvalue weighted by molar-refractivity contribution is 0.406. The van der Waals surface area contributed by atoms with Crippen molar-refractivity contribution in [2.45, 2.75) is 26.3 Å². The van der Waals surface area contributed by atoms with Crippen LogP contribution in [0.2, 0.25) is 0 Å². The highest BCUT2D eigenvalue weighted by Crippen LogP contribution is 2.20. The standard InChI is InChI=1S/C14H23NOS/c1-4-15-13(11-17-5-2)10-12-8-6-7-9-14(12)16-3/h6-9,13,15H,4-5,10-11H2,1-3H3. The summed E-state index contributed by atoms with van der Waals surface area (Å²) < 4.78 is 5.39. The van der Waals surface area contributed by atoms with Gasteiger partial charge in [-0.2, -0.15) is 11.8 Å². The second-order valence-corrected chi connectivity index (χ2v) is 5.25. The van der Waals surface area contributed by atoms with Crippen LogP contribution in [0.3, 0.4) is 0 Å². The van der Waals surface area contributed by atoms with Gasteiger partial charge in [0.15, 0.2) is 0 Å². The molecule has 0 amide bonds. The molecule has 17 heavy (non-hydrogen) atoms. The van der Waals surface area contributed by atoms with Crippen LogP contribution in [0.25, 0.3) is 0 Å². The molecule has 1 unspecified atom stereocenters. The van der Waals surface area contributed by atoms with Gasteiger partial charge in [0, 0.05) is 11.8 Å². The van der Waals surface area contributed by atoms with Gasteiger partial charge in [0.2, 0.25) is 0 Å². The molecule has 0 saturated heterocycles. The van der Waals surface area contributed by atoms with Gasteiger partial charge in [-0.25, -0.2) is 0 Å². The largest absolute Gasteiger partial charge is 0.496 e. The second kappa shape index (κ2) is 8.43. The molecule has 0 bridgehead atoms. The third-order valence-corrected chi connectivity index (χ3v) is 3.72. The summed E-state index contributed by atoms with van der Waals surface area (Å²) in [7, 11) is 1.74. The maximum atomic E-state index is 5.39. The number of rotatable bonds is 8. The van der Waals surface area contributed by atoms with Crippen LogP contribution in [0.4, 0.5) is 0 Å². The molecule has 1 rings (SSSR count). The van der Waals surface area contributed by atoms with E-state index in [2.05, 4.69) is 31.3 Å². The van der Waals surface area contributed by atoms with Crippen molar-refractivity contribution < 1.29 is 4.74 Å². The highest BCUT2D eigenvalue weighted by molar-refractivity contribution is 7.99. The van der Waals surface area contributed by atoms with Gasteiger partial charge in [0.25, 0.3) is 0 Å². The molecule has 0 fully saturated rings. The van der Waals surface area contributed by atoms with E-state index in [0.717, 1.165) is 24.5 Å². The molecule has 0 radical (unpaired) electrons. The summed E-state index contributed by atoms with van der Waals surface area (Å²) in [5.74, 6) is 3.33. The molecule has 0 aromatic heterocycles. The van der Waals surface area contributed by atoms with E-state index < -0.39 is 0 Å². The second-order valence-electron chi connectivity index (χ2n) is 3.93. The Hall–Kier alpha value is -0.670. The summed E-state index contributed by atoms with van der Waals surface area (Å²) in [6.45, 7) is 5.38. The van der Waals surface area contributed by atoms with Crippen molar-refractivity contribution in [2.75, 3.05) is 25.2 Å². The fraction of sp³-hybridized carbons (Fsp3) is 0.571. The van der Waals surface area contributed by atoms with E-state index >= 15 is 0 Å². The summed E-state index contributed by atoms with van der Waals surface area (Å²) in [4.78, 5) is 0. The molecule has 0 saturated carbocycles. The lowest BCUT2D eigenvalue weighted by Gasteiger charge is -2.18. The predicted molar refractivity (Wildman–Crippen MR) is 77.2 cm³/mol. The first-order chi connectivity index (χ1) is 8.31. The topological polar surface area (TPSA) is 21.3 Å². The first-order valence-electron chi connectivity index (χ1n) is 6.24. The first kappa shape index (κ1) is 14.4. The van der Waals surface area contributed by atoms with Crippen LogP contribution in [-0.2, 0) is 6.42 Å². The van der Waals surface area contributed by atoms with Gasteiger partial charge in [-0.15, -0.1) is 0 Å². The average Bonchev–Trinajstić information content (AvgIpc) is 2.37. The number of methoxy groups -OCH3 is 1. The highest BCUT2D eigenvalue weighted by atomic mass is 32.2. The number of para-hydroxylation sites is 1. The van der Waals surface area contributed by atoms with Crippen molar-refractivity contribution in [1.29, 1.82) is 0 Å². The maximum Gasteiger partial charge on any atom is 0.122 e. The maximum absolute atomic E-state index is 5.39. The van der Waals surface area contributed by atoms with Gasteiger partial charge in [0.1, 0.15) is 5.75 Å². The van der Waals surface area contributed by atoms with E-state index in [1.54, 1.807) is 7.11 Å². The predicted octanol–water partition coefficient (Wildman–Crippen LogP) is 2.97. The lowest BCUT2D eigenvalue weighted by atomic mass is 10.1. The minimum absolute atomic E-state index is 0.529. The Morgan fingerprint density at radius 3 is 2.71 bits per heavy atom. The molecular formula is C14H23NOS. The number of benzene rings is 1. The minimum atomic E-state index is 0.529. The smallest absolute Gasteiger partial charge is 0.122 e. The first-order valence-corrected chi connectivity index (χ1v) is 7.40. The highest BCUT2D eigenvalue weighted by Gasteiger charge is 2.11. The van der Waals surface area contributed by atoms with E-state index in [0.29, 0.717) is 6.04 Å². The third-order valence-electron chi connectivity index (χ3n) is 2.67. The molecule has 2 nitrogen and oxygen atoms in total. The number of hydrogen-bond acceptors (Lipinski definition) is 3. The molecule has 1 atom stereocenters. The third kappa shape index (κ3) is 5.00. The van der Waals surface area contributed by atoms with Crippen molar-refractivity contribution in [3.63, 3.8) is 0 Å². The van der Waals surface area contributed by atoms with Gasteiger partial charge >= 0.3 is 0 Å². The molecule has 0 aliphatic rings. The Balaban J connectivity index is 2.63. The molecular weight excluding hydrogens is 230 g/mol. The summed E-state index contributed by atoms with van der Waals surface area (Å²) in [6, 6.07) is 8.81. The van der Waals surface area contributed by atoms with E-state index in [9.17, 15) is 0 Å². The number of thioether (sulfide) groups is 1. The molecule has 0 spiro atoms. The van der Waals surface area contributed by atoms with Gasteiger partial charge in [-0.1, -0.05) is 32.0 Å². The average molecular weight is 253 g/mol. The number of likely N-dealkylation sites (N-methyl/N-ethyl adjacent to an activating group) is 1. The van der Waals surface area contributed by atoms with Crippen LogP contribution in [0.15, 0.2) is 24.3 Å². The van der Waals surface area contributed by atoms with Crippen LogP contribution in [0.1, 0.15) is 19.4 Å². The Kier molecular flexibility index (Phi) is 7.13. The van der Waals surface area contributed by atoms with Crippen molar-refractivity contribution in [3.8, 4) is 5.75 Å². The summed E-state index contributed by atoms with van der Waals surface area (Å²) in [6.07, 6.45) is 1.03. The normalized spacial score (nSPS) is 12.4.